The summed E-state index contributed by atoms with van der Waals surface area (Å²) in [4.78, 5) is 4.88. The highest BCUT2D eigenvalue weighted by Gasteiger charge is 2.39. The Labute approximate surface area is 338 Å². The van der Waals surface area contributed by atoms with Crippen molar-refractivity contribution in [1.29, 1.82) is 0 Å². The molecule has 0 N–H and O–H groups in total. The predicted octanol–water partition coefficient (Wildman–Crippen LogP) is 14.4. The Bertz CT molecular complexity index is 3150. The van der Waals surface area contributed by atoms with Crippen molar-refractivity contribution < 1.29 is 0 Å². The molecule has 1 aliphatic rings. The maximum absolute atomic E-state index is 2.52. The van der Waals surface area contributed by atoms with Crippen molar-refractivity contribution >= 4 is 106 Å². The topological polar surface area (TPSA) is 6.48 Å². The van der Waals surface area contributed by atoms with Crippen LogP contribution in [0.5, 0.6) is 0 Å². The van der Waals surface area contributed by atoms with Gasteiger partial charge in [-0.05, 0) is 140 Å². The Hall–Kier alpha value is -6.46. The average molecular weight is 765 g/mol. The van der Waals surface area contributed by atoms with Gasteiger partial charge in [-0.1, -0.05) is 116 Å². The fraction of sp³-hybridized carbons (Fsp3) is 0.0566. The molecule has 0 bridgehead atoms. The molecule has 0 radical (unpaired) electrons. The van der Waals surface area contributed by atoms with Crippen molar-refractivity contribution in [2.75, 3.05) is 9.80 Å². The molecule has 10 aromatic rings. The van der Waals surface area contributed by atoms with Crippen LogP contribution in [0.2, 0.25) is 13.1 Å². The highest BCUT2D eigenvalue weighted by molar-refractivity contribution is 7.25. The van der Waals surface area contributed by atoms with Gasteiger partial charge in [0.2, 0.25) is 0 Å². The molecule has 0 aliphatic carbocycles. The van der Waals surface area contributed by atoms with Gasteiger partial charge in [0.15, 0.2) is 0 Å². The summed E-state index contributed by atoms with van der Waals surface area (Å²) < 4.78 is 2.63. The lowest BCUT2D eigenvalue weighted by atomic mass is 9.98. The van der Waals surface area contributed by atoms with E-state index in [1.165, 1.54) is 80.2 Å². The number of anilines is 6. The van der Waals surface area contributed by atoms with Gasteiger partial charge in [0.25, 0.3) is 0 Å². The van der Waals surface area contributed by atoms with Gasteiger partial charge in [-0.3, -0.25) is 0 Å². The van der Waals surface area contributed by atoms with Crippen LogP contribution in [0.25, 0.3) is 52.8 Å². The molecule has 0 saturated heterocycles. The Kier molecular flexibility index (Phi) is 7.75. The van der Waals surface area contributed by atoms with E-state index in [-0.39, 0.29) is 0 Å². The third-order valence-electron chi connectivity index (χ3n) is 12.1. The van der Waals surface area contributed by atoms with Crippen LogP contribution < -0.4 is 20.2 Å². The molecule has 1 aliphatic heterocycles. The Morgan fingerprint density at radius 1 is 0.386 bits per heavy atom. The van der Waals surface area contributed by atoms with E-state index in [1.54, 1.807) is 0 Å². The lowest BCUT2D eigenvalue weighted by molar-refractivity contribution is 1.27. The molecule has 11 rings (SSSR count). The van der Waals surface area contributed by atoms with E-state index in [1.807, 2.05) is 11.3 Å². The summed E-state index contributed by atoms with van der Waals surface area (Å²) in [6.07, 6.45) is 0. The SMILES string of the molecule is Cc1cc(N(c2ccccc2)c2ccccc2)cc2c1-c1cc(N(c3ccc4c(ccc5ccccc54)c3)c3ccc4sc5ccccc5c4c3)ccc1[Si]2(C)C. The van der Waals surface area contributed by atoms with E-state index >= 15 is 0 Å². The molecule has 0 saturated carbocycles. The van der Waals surface area contributed by atoms with Crippen LogP contribution in [0.15, 0.2) is 188 Å². The molecule has 57 heavy (non-hydrogen) atoms. The minimum atomic E-state index is -2.07. The van der Waals surface area contributed by atoms with Crippen molar-refractivity contribution in [1.82, 2.24) is 0 Å². The molecule has 0 atom stereocenters. The number of hydrogen-bond donors (Lipinski definition) is 0. The second kappa shape index (κ2) is 13.1. The van der Waals surface area contributed by atoms with E-state index in [9.17, 15) is 0 Å². The van der Waals surface area contributed by atoms with Crippen molar-refractivity contribution in [3.63, 3.8) is 0 Å². The van der Waals surface area contributed by atoms with Gasteiger partial charge < -0.3 is 9.80 Å². The third kappa shape index (κ3) is 5.43. The van der Waals surface area contributed by atoms with Crippen LogP contribution in [0.4, 0.5) is 34.1 Å². The van der Waals surface area contributed by atoms with Crippen LogP contribution in [0.1, 0.15) is 5.56 Å². The summed E-state index contributed by atoms with van der Waals surface area (Å²) in [5.74, 6) is 0. The monoisotopic (exact) mass is 764 g/mol. The zero-order valence-corrected chi connectivity index (χ0v) is 34.0. The van der Waals surface area contributed by atoms with Crippen LogP contribution in [0, 0.1) is 6.92 Å². The highest BCUT2D eigenvalue weighted by Crippen LogP contribution is 2.45. The number of rotatable bonds is 6. The Morgan fingerprint density at radius 3 is 1.75 bits per heavy atom. The van der Waals surface area contributed by atoms with E-state index < -0.39 is 8.07 Å². The number of benzene rings is 9. The first-order valence-corrected chi connectivity index (χ1v) is 23.6. The van der Waals surface area contributed by atoms with E-state index in [4.69, 9.17) is 0 Å². The standard InChI is InChI=1S/C53H40N2SSi/c1-35-30-43(54(38-15-6-4-7-16-38)39-17-8-5-9-18-39)34-52-53(35)48-33-42(26-29-51(48)57(52,2)3)55(41-25-28-50-47(32-41)46-20-12-13-21-49(46)56-50)40-24-27-45-37(31-40)23-22-36-14-10-11-19-44(36)45/h4-34H,1-3H3. The zero-order chi connectivity index (χ0) is 38.3. The molecule has 0 fully saturated rings. The predicted molar refractivity (Wildman–Crippen MR) is 251 cm³/mol. The molecule has 2 nitrogen and oxygen atoms in total. The number of fused-ring (bicyclic) bond motifs is 9. The first kappa shape index (κ1) is 33.8. The summed E-state index contributed by atoms with van der Waals surface area (Å²) in [7, 11) is -2.07. The minimum Gasteiger partial charge on any atom is -0.311 e. The lowest BCUT2D eigenvalue weighted by Crippen LogP contribution is -2.49. The molecule has 9 aromatic carbocycles. The van der Waals surface area contributed by atoms with Crippen LogP contribution >= 0.6 is 11.3 Å². The van der Waals surface area contributed by atoms with E-state index in [2.05, 4.69) is 218 Å². The van der Waals surface area contributed by atoms with Crippen LogP contribution in [0.3, 0.4) is 0 Å². The largest absolute Gasteiger partial charge is 0.311 e. The van der Waals surface area contributed by atoms with Gasteiger partial charge in [0.1, 0.15) is 8.07 Å². The quantitative estimate of drug-likeness (QED) is 0.123. The van der Waals surface area contributed by atoms with Crippen LogP contribution in [-0.2, 0) is 0 Å². The molecule has 0 amide bonds. The van der Waals surface area contributed by atoms with Crippen molar-refractivity contribution in [2.45, 2.75) is 20.0 Å². The van der Waals surface area contributed by atoms with Gasteiger partial charge in [0, 0.05) is 54.3 Å². The first-order valence-electron chi connectivity index (χ1n) is 19.8. The molecular formula is C53H40N2SSi. The Balaban J connectivity index is 1.10. The first-order chi connectivity index (χ1) is 27.9. The van der Waals surface area contributed by atoms with Gasteiger partial charge in [-0.25, -0.2) is 0 Å². The minimum absolute atomic E-state index is 1.15. The van der Waals surface area contributed by atoms with Crippen LogP contribution in [-0.4, -0.2) is 8.07 Å². The summed E-state index contributed by atoms with van der Waals surface area (Å²) in [5.41, 5.74) is 11.1. The van der Waals surface area contributed by atoms with Gasteiger partial charge in [0.05, 0.1) is 0 Å². The molecule has 4 heteroatoms. The highest BCUT2D eigenvalue weighted by atomic mass is 32.1. The van der Waals surface area contributed by atoms with E-state index in [0.717, 1.165) is 22.7 Å². The normalized spacial score (nSPS) is 13.0. The van der Waals surface area contributed by atoms with Gasteiger partial charge >= 0.3 is 0 Å². The molecular weight excluding hydrogens is 725 g/mol. The van der Waals surface area contributed by atoms with Crippen molar-refractivity contribution in [3.8, 4) is 11.1 Å². The molecule has 1 aromatic heterocycles. The number of nitrogens with zero attached hydrogens (tertiary/aromatic N) is 2. The van der Waals surface area contributed by atoms with Crippen molar-refractivity contribution in [3.05, 3.63) is 194 Å². The fourth-order valence-corrected chi connectivity index (χ4v) is 13.6. The third-order valence-corrected chi connectivity index (χ3v) is 16.8. The summed E-state index contributed by atoms with van der Waals surface area (Å²) in [6.45, 7) is 7.36. The van der Waals surface area contributed by atoms with Crippen molar-refractivity contribution in [2.24, 2.45) is 0 Å². The molecule has 2 heterocycles. The zero-order valence-electron chi connectivity index (χ0n) is 32.2. The molecule has 0 spiro atoms. The van der Waals surface area contributed by atoms with Gasteiger partial charge in [-0.2, -0.15) is 0 Å². The molecule has 272 valence electrons. The number of para-hydroxylation sites is 2. The number of hydrogen-bond acceptors (Lipinski definition) is 3. The summed E-state index contributed by atoms with van der Waals surface area (Å²) >= 11 is 1.87. The average Bonchev–Trinajstić information content (AvgIpc) is 3.73. The van der Waals surface area contributed by atoms with E-state index in [0.29, 0.717) is 0 Å². The summed E-state index contributed by atoms with van der Waals surface area (Å²) in [5, 5.41) is 10.7. The second-order valence-corrected chi connectivity index (χ2v) is 21.3. The summed E-state index contributed by atoms with van der Waals surface area (Å²) in [6, 6.07) is 69.8. The maximum Gasteiger partial charge on any atom is 0.113 e. The van der Waals surface area contributed by atoms with Gasteiger partial charge in [-0.15, -0.1) is 11.3 Å². The molecule has 0 unspecified atom stereocenters. The smallest absolute Gasteiger partial charge is 0.113 e. The maximum atomic E-state index is 2.52. The Morgan fingerprint density at radius 2 is 0.965 bits per heavy atom. The fourth-order valence-electron chi connectivity index (χ4n) is 9.36. The number of thiophene rings is 1. The second-order valence-electron chi connectivity index (χ2n) is 15.9. The number of aryl methyl sites for hydroxylation is 1. The lowest BCUT2D eigenvalue weighted by Gasteiger charge is -2.28.